The van der Waals surface area contributed by atoms with E-state index >= 15 is 0 Å². The van der Waals surface area contributed by atoms with Crippen molar-refractivity contribution in [3.63, 3.8) is 0 Å². The Bertz CT molecular complexity index is 1160. The maximum Gasteiger partial charge on any atom is 0.339 e. The average molecular weight is 487 g/mol. The van der Waals surface area contributed by atoms with Crippen molar-refractivity contribution in [2.24, 2.45) is 28.1 Å². The van der Waals surface area contributed by atoms with Crippen LogP contribution in [-0.4, -0.2) is 58.9 Å². The minimum absolute atomic E-state index is 0.0484. The smallest absolute Gasteiger partial charge is 0.339 e. The van der Waals surface area contributed by atoms with E-state index in [2.05, 4.69) is 0 Å². The largest absolute Gasteiger partial charge is 0.465 e. The Balaban J connectivity index is 1.43. The third-order valence-electron chi connectivity index (χ3n) is 10.7. The lowest BCUT2D eigenvalue weighted by atomic mass is 9.36. The Morgan fingerprint density at radius 3 is 2.54 bits per heavy atom. The predicted octanol–water partition coefficient (Wildman–Crippen LogP) is 2.11. The molecule has 10 unspecified atom stereocenters. The first-order valence-electron chi connectivity index (χ1n) is 12.4. The van der Waals surface area contributed by atoms with Crippen molar-refractivity contribution in [3.05, 3.63) is 24.2 Å². The number of rotatable bonds is 1. The zero-order chi connectivity index (χ0) is 24.8. The number of carbonyl (C=O) groups excluding carboxylic acids is 3. The normalized spacial score (nSPS) is 53.3. The number of Topliss-reactive ketones (excluding diaryl/α,β-unsaturated/α-hetero) is 1. The molecule has 9 heteroatoms. The second-order valence-corrected chi connectivity index (χ2v) is 12.3. The molecule has 1 aromatic heterocycles. The van der Waals surface area contributed by atoms with Crippen LogP contribution < -0.4 is 0 Å². The Hall–Kier alpha value is -2.23. The Labute approximate surface area is 202 Å². The van der Waals surface area contributed by atoms with Gasteiger partial charge in [0.05, 0.1) is 30.3 Å². The summed E-state index contributed by atoms with van der Waals surface area (Å²) < 4.78 is 29.9. The third kappa shape index (κ3) is 2.14. The number of epoxide rings is 1. The highest BCUT2D eigenvalue weighted by molar-refractivity contribution is 5.92. The molecule has 9 nitrogen and oxygen atoms in total. The van der Waals surface area contributed by atoms with Crippen molar-refractivity contribution in [1.82, 2.24) is 0 Å². The monoisotopic (exact) mass is 486 g/mol. The van der Waals surface area contributed by atoms with Gasteiger partial charge in [-0.25, -0.2) is 4.79 Å². The summed E-state index contributed by atoms with van der Waals surface area (Å²) in [5, 5.41) is 11.8. The number of cyclic esters (lactones) is 2. The first-order valence-corrected chi connectivity index (χ1v) is 12.4. The van der Waals surface area contributed by atoms with Crippen molar-refractivity contribution in [1.29, 1.82) is 0 Å². The summed E-state index contributed by atoms with van der Waals surface area (Å²) in [4.78, 5) is 39.5. The number of esters is 2. The van der Waals surface area contributed by atoms with E-state index in [1.165, 1.54) is 6.26 Å². The Kier molecular flexibility index (Phi) is 3.88. The molecule has 5 heterocycles. The van der Waals surface area contributed by atoms with Gasteiger partial charge in [-0.3, -0.25) is 9.59 Å². The zero-order valence-corrected chi connectivity index (χ0v) is 20.2. The van der Waals surface area contributed by atoms with Crippen LogP contribution in [0.3, 0.4) is 0 Å². The first kappa shape index (κ1) is 22.0. The third-order valence-corrected chi connectivity index (χ3v) is 10.7. The van der Waals surface area contributed by atoms with Gasteiger partial charge in [-0.1, -0.05) is 13.8 Å². The van der Waals surface area contributed by atoms with E-state index in [9.17, 15) is 19.5 Å². The molecule has 0 amide bonds. The Morgan fingerprint density at radius 2 is 1.83 bits per heavy atom. The summed E-state index contributed by atoms with van der Waals surface area (Å²) in [6.45, 7) is 7.62. The average Bonchev–Trinajstić information content (AvgIpc) is 3.26. The van der Waals surface area contributed by atoms with Crippen molar-refractivity contribution >= 4 is 17.7 Å². The van der Waals surface area contributed by atoms with E-state index in [1.54, 1.807) is 12.1 Å². The molecule has 7 rings (SSSR count). The van der Waals surface area contributed by atoms with Crippen LogP contribution in [-0.2, 0) is 33.3 Å². The standard InChI is InChI=1S/C26H30O9/c1-22(2)17-16(28)18(29)24(4)13(25(17)11-32-15(27)10-14(25)34-22)7-8-23(3)19(12-6-5-9-31-12)33-21(30)20-26(23,24)35-20/h5-6,9,13-14,17-20,29H,7-8,10-11H2,1-4H3. The zero-order valence-electron chi connectivity index (χ0n) is 20.2. The molecule has 10 atom stereocenters. The first-order chi connectivity index (χ1) is 16.4. The molecule has 1 N–H and O–H groups in total. The van der Waals surface area contributed by atoms with Crippen molar-refractivity contribution in [3.8, 4) is 0 Å². The quantitative estimate of drug-likeness (QED) is 0.469. The van der Waals surface area contributed by atoms with E-state index in [-0.39, 0.29) is 30.7 Å². The molecule has 6 fully saturated rings. The summed E-state index contributed by atoms with van der Waals surface area (Å²) in [6, 6.07) is 3.52. The molecule has 4 aliphatic heterocycles. The van der Waals surface area contributed by atoms with Gasteiger partial charge in [0.1, 0.15) is 24.1 Å². The topological polar surface area (TPSA) is 125 Å². The van der Waals surface area contributed by atoms with Gasteiger partial charge in [-0.2, -0.15) is 0 Å². The number of furan rings is 1. The fourth-order valence-corrected chi connectivity index (χ4v) is 9.47. The lowest BCUT2D eigenvalue weighted by Gasteiger charge is -2.66. The number of fused-ring (bicyclic) bond motifs is 1. The molecule has 35 heavy (non-hydrogen) atoms. The molecule has 2 saturated carbocycles. The minimum atomic E-state index is -1.38. The molecule has 0 radical (unpaired) electrons. The number of hydrogen-bond donors (Lipinski definition) is 1. The van der Waals surface area contributed by atoms with Gasteiger partial charge < -0.3 is 28.5 Å². The van der Waals surface area contributed by atoms with Gasteiger partial charge in [-0.15, -0.1) is 0 Å². The van der Waals surface area contributed by atoms with Crippen molar-refractivity contribution < 1.29 is 42.9 Å². The number of carbonyl (C=O) groups is 3. The van der Waals surface area contributed by atoms with Crippen LogP contribution >= 0.6 is 0 Å². The molecule has 6 aliphatic rings. The number of aliphatic hydroxyl groups excluding tert-OH is 1. The van der Waals surface area contributed by atoms with Crippen LogP contribution in [0.25, 0.3) is 0 Å². The van der Waals surface area contributed by atoms with Crippen LogP contribution in [0.4, 0.5) is 0 Å². The lowest BCUT2D eigenvalue weighted by molar-refractivity contribution is -0.253. The van der Waals surface area contributed by atoms with Gasteiger partial charge in [0, 0.05) is 16.2 Å². The van der Waals surface area contributed by atoms with Crippen LogP contribution in [0.2, 0.25) is 0 Å². The van der Waals surface area contributed by atoms with Crippen LogP contribution in [0.1, 0.15) is 58.8 Å². The number of hydrogen-bond acceptors (Lipinski definition) is 9. The summed E-state index contributed by atoms with van der Waals surface area (Å²) >= 11 is 0. The lowest BCUT2D eigenvalue weighted by Crippen LogP contribution is -2.76. The highest BCUT2D eigenvalue weighted by Crippen LogP contribution is 2.80. The molecule has 2 spiro atoms. The van der Waals surface area contributed by atoms with Crippen molar-refractivity contribution in [2.75, 3.05) is 6.61 Å². The minimum Gasteiger partial charge on any atom is -0.465 e. The molecular weight excluding hydrogens is 456 g/mol. The van der Waals surface area contributed by atoms with Crippen molar-refractivity contribution in [2.45, 2.75) is 82.6 Å². The maximum atomic E-state index is 14.1. The fraction of sp³-hybridized carbons (Fsp3) is 0.731. The van der Waals surface area contributed by atoms with E-state index < -0.39 is 63.8 Å². The summed E-state index contributed by atoms with van der Waals surface area (Å²) in [5.41, 5.74) is -4.69. The SMILES string of the molecule is CC1(C)OC2CC(=O)OCC23C1C(=O)C(O)C1(C)C3CCC2(C)C(c3ccco3)OC(=O)C3OC321. The van der Waals surface area contributed by atoms with Gasteiger partial charge in [0.15, 0.2) is 18.0 Å². The Morgan fingerprint density at radius 1 is 1.06 bits per heavy atom. The maximum absolute atomic E-state index is 14.1. The second kappa shape index (κ2) is 6.18. The molecule has 2 aliphatic carbocycles. The second-order valence-electron chi connectivity index (χ2n) is 12.3. The predicted molar refractivity (Wildman–Crippen MR) is 116 cm³/mol. The summed E-state index contributed by atoms with van der Waals surface area (Å²) in [7, 11) is 0. The number of ether oxygens (including phenoxy) is 4. The van der Waals surface area contributed by atoms with Crippen LogP contribution in [0.5, 0.6) is 0 Å². The summed E-state index contributed by atoms with van der Waals surface area (Å²) in [5.74, 6) is -1.62. The van der Waals surface area contributed by atoms with E-state index in [4.69, 9.17) is 23.4 Å². The molecule has 4 saturated heterocycles. The molecule has 0 aromatic carbocycles. The summed E-state index contributed by atoms with van der Waals surface area (Å²) in [6.07, 6.45) is -0.673. The molecule has 0 bridgehead atoms. The molecular formula is C26H30O9. The van der Waals surface area contributed by atoms with Gasteiger partial charge in [0.2, 0.25) is 0 Å². The fourth-order valence-electron chi connectivity index (χ4n) is 9.47. The number of aliphatic hydroxyl groups is 1. The van der Waals surface area contributed by atoms with Gasteiger partial charge in [0.25, 0.3) is 0 Å². The highest BCUT2D eigenvalue weighted by Gasteiger charge is 2.90. The van der Waals surface area contributed by atoms with Gasteiger partial charge >= 0.3 is 11.9 Å². The number of ketones is 1. The highest BCUT2D eigenvalue weighted by atomic mass is 16.7. The molecule has 1 aromatic rings. The van der Waals surface area contributed by atoms with Gasteiger partial charge in [-0.05, 0) is 44.7 Å². The van der Waals surface area contributed by atoms with E-state index in [1.807, 2.05) is 27.7 Å². The van der Waals surface area contributed by atoms with Crippen LogP contribution in [0.15, 0.2) is 22.8 Å². The van der Waals surface area contributed by atoms with E-state index in [0.717, 1.165) is 0 Å². The van der Waals surface area contributed by atoms with E-state index in [0.29, 0.717) is 18.6 Å². The van der Waals surface area contributed by atoms with Crippen LogP contribution in [0, 0.1) is 28.1 Å². The molecule has 188 valence electrons.